The molecule has 3 heteroatoms. The Balaban J connectivity index is 1.69. The van der Waals surface area contributed by atoms with E-state index in [-0.39, 0.29) is 17.3 Å². The van der Waals surface area contributed by atoms with Gasteiger partial charge in [0.2, 0.25) is 0 Å². The largest absolute Gasteiger partial charge is 0.490 e. The lowest BCUT2D eigenvalue weighted by Gasteiger charge is -2.54. The van der Waals surface area contributed by atoms with Crippen molar-refractivity contribution in [2.75, 3.05) is 6.54 Å². The van der Waals surface area contributed by atoms with E-state index in [1.807, 2.05) is 6.07 Å². The minimum atomic E-state index is -0.173. The minimum absolute atomic E-state index is 0.173. The van der Waals surface area contributed by atoms with Crippen LogP contribution in [0, 0.1) is 18.2 Å². The van der Waals surface area contributed by atoms with Crippen LogP contribution in [0.3, 0.4) is 0 Å². The van der Waals surface area contributed by atoms with E-state index < -0.39 is 0 Å². The van der Waals surface area contributed by atoms with Gasteiger partial charge < -0.3 is 10.1 Å². The van der Waals surface area contributed by atoms with Gasteiger partial charge in [-0.25, -0.2) is 4.39 Å². The molecule has 2 unspecified atom stereocenters. The average molecular weight is 291 g/mol. The molecule has 1 aromatic carbocycles. The van der Waals surface area contributed by atoms with Gasteiger partial charge in [-0.1, -0.05) is 25.8 Å². The molecule has 0 amide bonds. The second-order valence-electron chi connectivity index (χ2n) is 6.70. The Labute approximate surface area is 127 Å². The van der Waals surface area contributed by atoms with Crippen molar-refractivity contribution < 1.29 is 9.13 Å². The molecule has 2 fully saturated rings. The average Bonchev–Trinajstić information content (AvgIpc) is 2.98. The van der Waals surface area contributed by atoms with Gasteiger partial charge in [0.15, 0.2) is 0 Å². The maximum atomic E-state index is 13.7. The molecule has 1 aromatic rings. The molecule has 0 saturated heterocycles. The number of hydrogen-bond donors (Lipinski definition) is 1. The molecule has 21 heavy (non-hydrogen) atoms. The molecule has 2 aliphatic rings. The summed E-state index contributed by atoms with van der Waals surface area (Å²) < 4.78 is 19.8. The Kier molecular flexibility index (Phi) is 4.21. The molecule has 2 aliphatic carbocycles. The van der Waals surface area contributed by atoms with Gasteiger partial charge in [0.1, 0.15) is 17.7 Å². The molecular weight excluding hydrogens is 265 g/mol. The van der Waals surface area contributed by atoms with Crippen molar-refractivity contribution >= 4 is 0 Å². The predicted molar refractivity (Wildman–Crippen MR) is 83.2 cm³/mol. The first-order valence-corrected chi connectivity index (χ1v) is 8.32. The van der Waals surface area contributed by atoms with Crippen molar-refractivity contribution in [1.82, 2.24) is 5.32 Å². The quantitative estimate of drug-likeness (QED) is 0.877. The van der Waals surface area contributed by atoms with Crippen LogP contribution >= 0.6 is 0 Å². The lowest BCUT2D eigenvalue weighted by atomic mass is 9.60. The standard InChI is InChI=1S/C18H26FNO/c1-3-10-20-16-12-17(18(16)8-4-5-9-18)21-14-7-6-13(2)15(19)11-14/h6-7,11,16-17,20H,3-5,8-10,12H2,1-2H3. The van der Waals surface area contributed by atoms with E-state index in [1.165, 1.54) is 38.2 Å². The SMILES string of the molecule is CCCNC1CC(Oc2ccc(C)c(F)c2)C12CCCC2. The highest BCUT2D eigenvalue weighted by molar-refractivity contribution is 5.29. The number of nitrogens with one attached hydrogen (secondary N) is 1. The van der Waals surface area contributed by atoms with Crippen molar-refractivity contribution in [3.8, 4) is 5.75 Å². The molecule has 0 aromatic heterocycles. The van der Waals surface area contributed by atoms with E-state index in [1.54, 1.807) is 13.0 Å². The summed E-state index contributed by atoms with van der Waals surface area (Å²) in [5.74, 6) is 0.510. The van der Waals surface area contributed by atoms with Gasteiger partial charge >= 0.3 is 0 Å². The van der Waals surface area contributed by atoms with Crippen molar-refractivity contribution in [1.29, 1.82) is 0 Å². The smallest absolute Gasteiger partial charge is 0.129 e. The lowest BCUT2D eigenvalue weighted by molar-refractivity contribution is -0.0760. The van der Waals surface area contributed by atoms with E-state index in [9.17, 15) is 4.39 Å². The Morgan fingerprint density at radius 3 is 2.76 bits per heavy atom. The predicted octanol–water partition coefficient (Wildman–Crippen LogP) is 4.21. The first kappa shape index (κ1) is 14.8. The maximum absolute atomic E-state index is 13.7. The third-order valence-corrected chi connectivity index (χ3v) is 5.38. The van der Waals surface area contributed by atoms with Gasteiger partial charge in [0, 0.05) is 23.9 Å². The van der Waals surface area contributed by atoms with Gasteiger partial charge in [-0.3, -0.25) is 0 Å². The highest BCUT2D eigenvalue weighted by Gasteiger charge is 2.57. The molecular formula is C18H26FNO. The molecule has 0 heterocycles. The van der Waals surface area contributed by atoms with Crippen LogP contribution in [0.4, 0.5) is 4.39 Å². The van der Waals surface area contributed by atoms with E-state index in [0.29, 0.717) is 17.4 Å². The Morgan fingerprint density at radius 2 is 2.10 bits per heavy atom. The van der Waals surface area contributed by atoms with E-state index in [2.05, 4.69) is 12.2 Å². The number of hydrogen-bond acceptors (Lipinski definition) is 2. The highest BCUT2D eigenvalue weighted by atomic mass is 19.1. The van der Waals surface area contributed by atoms with Crippen LogP contribution in [0.1, 0.15) is 51.0 Å². The lowest BCUT2D eigenvalue weighted by Crippen LogP contribution is -2.63. The molecule has 0 bridgehead atoms. The molecule has 2 saturated carbocycles. The summed E-state index contributed by atoms with van der Waals surface area (Å²) in [6, 6.07) is 5.82. The number of halogens is 1. The fraction of sp³-hybridized carbons (Fsp3) is 0.667. The fourth-order valence-electron chi connectivity index (χ4n) is 4.03. The number of aryl methyl sites for hydroxylation is 1. The van der Waals surface area contributed by atoms with Crippen LogP contribution in [0.15, 0.2) is 18.2 Å². The van der Waals surface area contributed by atoms with Crippen molar-refractivity contribution in [3.05, 3.63) is 29.6 Å². The third kappa shape index (κ3) is 2.68. The Bertz CT molecular complexity index is 496. The number of ether oxygens (including phenoxy) is 1. The highest BCUT2D eigenvalue weighted by Crippen LogP contribution is 2.54. The van der Waals surface area contributed by atoms with Gasteiger partial charge in [0.25, 0.3) is 0 Å². The molecule has 1 N–H and O–H groups in total. The van der Waals surface area contributed by atoms with Gasteiger partial charge in [-0.2, -0.15) is 0 Å². The zero-order chi connectivity index (χ0) is 14.9. The molecule has 116 valence electrons. The third-order valence-electron chi connectivity index (χ3n) is 5.38. The van der Waals surface area contributed by atoms with Gasteiger partial charge in [0.05, 0.1) is 0 Å². The van der Waals surface area contributed by atoms with Crippen LogP contribution in [0.2, 0.25) is 0 Å². The molecule has 3 rings (SSSR count). The zero-order valence-electron chi connectivity index (χ0n) is 13.1. The van der Waals surface area contributed by atoms with Crippen molar-refractivity contribution in [3.63, 3.8) is 0 Å². The summed E-state index contributed by atoms with van der Waals surface area (Å²) in [4.78, 5) is 0. The number of rotatable bonds is 5. The van der Waals surface area contributed by atoms with Crippen molar-refractivity contribution in [2.24, 2.45) is 5.41 Å². The summed E-state index contributed by atoms with van der Waals surface area (Å²) in [5.41, 5.74) is 0.963. The molecule has 0 radical (unpaired) electrons. The normalized spacial score (nSPS) is 26.8. The van der Waals surface area contributed by atoms with Gasteiger partial charge in [-0.05, 0) is 44.4 Å². The monoisotopic (exact) mass is 291 g/mol. The van der Waals surface area contributed by atoms with E-state index in [0.717, 1.165) is 13.0 Å². The molecule has 2 nitrogen and oxygen atoms in total. The van der Waals surface area contributed by atoms with Crippen molar-refractivity contribution in [2.45, 2.75) is 64.5 Å². The number of benzene rings is 1. The second kappa shape index (κ2) is 5.96. The summed E-state index contributed by atoms with van der Waals surface area (Å²) in [6.07, 6.45) is 7.55. The first-order chi connectivity index (χ1) is 10.2. The van der Waals surface area contributed by atoms with Crippen LogP contribution in [0.25, 0.3) is 0 Å². The topological polar surface area (TPSA) is 21.3 Å². The summed E-state index contributed by atoms with van der Waals surface area (Å²) in [6.45, 7) is 5.07. The van der Waals surface area contributed by atoms with Crippen LogP contribution in [0.5, 0.6) is 5.75 Å². The summed E-state index contributed by atoms with van der Waals surface area (Å²) in [7, 11) is 0. The van der Waals surface area contributed by atoms with Crippen LogP contribution in [-0.4, -0.2) is 18.7 Å². The Hall–Kier alpha value is -1.09. The van der Waals surface area contributed by atoms with Crippen LogP contribution < -0.4 is 10.1 Å². The van der Waals surface area contributed by atoms with Crippen LogP contribution in [-0.2, 0) is 0 Å². The van der Waals surface area contributed by atoms with E-state index >= 15 is 0 Å². The summed E-state index contributed by atoms with van der Waals surface area (Å²) in [5, 5.41) is 3.68. The van der Waals surface area contributed by atoms with E-state index in [4.69, 9.17) is 4.74 Å². The fourth-order valence-corrected chi connectivity index (χ4v) is 4.03. The minimum Gasteiger partial charge on any atom is -0.490 e. The Morgan fingerprint density at radius 1 is 1.33 bits per heavy atom. The molecule has 0 aliphatic heterocycles. The summed E-state index contributed by atoms with van der Waals surface area (Å²) >= 11 is 0. The maximum Gasteiger partial charge on any atom is 0.129 e. The second-order valence-corrected chi connectivity index (χ2v) is 6.70. The molecule has 1 spiro atoms. The van der Waals surface area contributed by atoms with Gasteiger partial charge in [-0.15, -0.1) is 0 Å². The zero-order valence-corrected chi connectivity index (χ0v) is 13.1. The first-order valence-electron chi connectivity index (χ1n) is 8.32. The molecule has 2 atom stereocenters.